The van der Waals surface area contributed by atoms with Crippen molar-refractivity contribution in [3.05, 3.63) is 64.4 Å². The van der Waals surface area contributed by atoms with Crippen LogP contribution in [0.15, 0.2) is 42.2 Å². The molecule has 0 aromatic heterocycles. The van der Waals surface area contributed by atoms with Crippen LogP contribution >= 0.6 is 0 Å². The molecule has 0 saturated heterocycles. The van der Waals surface area contributed by atoms with Crippen LogP contribution in [0.1, 0.15) is 54.7 Å². The molecule has 0 atom stereocenters. The summed E-state index contributed by atoms with van der Waals surface area (Å²) in [6, 6.07) is 11.0. The largest absolute Gasteiger partial charge is 0.872 e. The smallest absolute Gasteiger partial charge is 0.231 e. The fourth-order valence-electron chi connectivity index (χ4n) is 3.98. The molecule has 2 aromatic rings. The Labute approximate surface area is 173 Å². The van der Waals surface area contributed by atoms with Gasteiger partial charge in [0.1, 0.15) is 12.3 Å². The zero-order chi connectivity index (χ0) is 21.1. The summed E-state index contributed by atoms with van der Waals surface area (Å²) in [6.07, 6.45) is 1.78. The van der Waals surface area contributed by atoms with Crippen molar-refractivity contribution >= 4 is 11.9 Å². The molecule has 29 heavy (non-hydrogen) atoms. The Morgan fingerprint density at radius 1 is 1.03 bits per heavy atom. The lowest BCUT2D eigenvalue weighted by molar-refractivity contribution is -0.919. The molecule has 1 aliphatic heterocycles. The molecule has 2 aromatic carbocycles. The first kappa shape index (κ1) is 21.1. The number of allylic oxidation sites excluding steroid dienone is 1. The molecule has 0 aliphatic carbocycles. The summed E-state index contributed by atoms with van der Waals surface area (Å²) in [5.74, 6) is 1.57. The standard InChI is InChI=1S/C25H31NO3/c1-16(2)13-26(14-17(3)4)15-21-22(27)11-10-20-24(28)23(29-25(20)21)12-19-9-7-6-8-18(19)5/h6-12,16-17,27H,13-15H2,1-5H3/b23-12-. The Balaban J connectivity index is 1.94. The highest BCUT2D eigenvalue weighted by Crippen LogP contribution is 2.38. The lowest BCUT2D eigenvalue weighted by atomic mass is 10.0. The van der Waals surface area contributed by atoms with E-state index in [2.05, 4.69) is 27.7 Å². The summed E-state index contributed by atoms with van der Waals surface area (Å²) >= 11 is 0. The molecule has 4 heteroatoms. The molecule has 0 amide bonds. The highest BCUT2D eigenvalue weighted by molar-refractivity contribution is 6.15. The second-order valence-corrected chi connectivity index (χ2v) is 8.84. The molecule has 0 bridgehead atoms. The first-order valence-electron chi connectivity index (χ1n) is 10.4. The topological polar surface area (TPSA) is 53.8 Å². The second-order valence-electron chi connectivity index (χ2n) is 8.84. The molecule has 0 radical (unpaired) electrons. The SMILES string of the molecule is Cc1ccccc1/C=C1\Oc2c(ccc([O-])c2C[NH+](CC(C)C)CC(C)C)C1=O. The Hall–Kier alpha value is -2.59. The number of fused-ring (bicyclic) bond motifs is 1. The minimum atomic E-state index is -0.154. The lowest BCUT2D eigenvalue weighted by Gasteiger charge is -2.26. The van der Waals surface area contributed by atoms with E-state index in [-0.39, 0.29) is 17.3 Å². The molecule has 3 rings (SSSR count). The fourth-order valence-corrected chi connectivity index (χ4v) is 3.98. The number of Topliss-reactive ketones (excluding diaryl/α,β-unsaturated/α-hetero) is 1. The van der Waals surface area contributed by atoms with Gasteiger partial charge in [0.25, 0.3) is 0 Å². The maximum absolute atomic E-state index is 12.9. The van der Waals surface area contributed by atoms with Crippen molar-refractivity contribution in [3.8, 4) is 11.5 Å². The van der Waals surface area contributed by atoms with E-state index in [1.54, 1.807) is 12.1 Å². The van der Waals surface area contributed by atoms with Crippen LogP contribution in [0.4, 0.5) is 0 Å². The van der Waals surface area contributed by atoms with Crippen LogP contribution in [-0.2, 0) is 6.54 Å². The number of carbonyl (C=O) groups is 1. The number of nitrogens with one attached hydrogen (secondary N) is 1. The predicted octanol–water partition coefficient (Wildman–Crippen LogP) is 3.38. The first-order chi connectivity index (χ1) is 13.8. The number of hydrogen-bond acceptors (Lipinski definition) is 3. The van der Waals surface area contributed by atoms with Crippen LogP contribution in [0.25, 0.3) is 6.08 Å². The van der Waals surface area contributed by atoms with Gasteiger partial charge in [0.15, 0.2) is 5.76 Å². The van der Waals surface area contributed by atoms with Crippen LogP contribution in [-0.4, -0.2) is 18.9 Å². The van der Waals surface area contributed by atoms with Gasteiger partial charge in [0.2, 0.25) is 5.78 Å². The summed E-state index contributed by atoms with van der Waals surface area (Å²) in [5, 5.41) is 12.7. The van der Waals surface area contributed by atoms with E-state index in [4.69, 9.17) is 4.74 Å². The molecular formula is C25H31NO3. The van der Waals surface area contributed by atoms with Crippen LogP contribution in [0, 0.1) is 18.8 Å². The summed E-state index contributed by atoms with van der Waals surface area (Å²) in [5.41, 5.74) is 3.12. The van der Waals surface area contributed by atoms with Gasteiger partial charge in [0.05, 0.1) is 18.7 Å². The minimum absolute atomic E-state index is 0.0568. The van der Waals surface area contributed by atoms with E-state index >= 15 is 0 Å². The third-order valence-corrected chi connectivity index (χ3v) is 5.19. The van der Waals surface area contributed by atoms with Crippen molar-refractivity contribution in [2.24, 2.45) is 11.8 Å². The summed E-state index contributed by atoms with van der Waals surface area (Å²) in [6.45, 7) is 13.3. The molecule has 1 N–H and O–H groups in total. The van der Waals surface area contributed by atoms with Crippen molar-refractivity contribution in [3.63, 3.8) is 0 Å². The number of carbonyl (C=O) groups excluding carboxylic acids is 1. The quantitative estimate of drug-likeness (QED) is 0.734. The Morgan fingerprint density at radius 2 is 1.69 bits per heavy atom. The first-order valence-corrected chi connectivity index (χ1v) is 10.4. The van der Waals surface area contributed by atoms with Crippen LogP contribution in [0.2, 0.25) is 0 Å². The van der Waals surface area contributed by atoms with Gasteiger partial charge in [-0.25, -0.2) is 0 Å². The van der Waals surface area contributed by atoms with Crippen molar-refractivity contribution in [1.29, 1.82) is 0 Å². The Bertz CT molecular complexity index is 918. The van der Waals surface area contributed by atoms with Crippen LogP contribution in [0.3, 0.4) is 0 Å². The van der Waals surface area contributed by atoms with Gasteiger partial charge in [-0.3, -0.25) is 4.79 Å². The van der Waals surface area contributed by atoms with E-state index in [0.717, 1.165) is 24.2 Å². The molecule has 1 heterocycles. The third kappa shape index (κ3) is 4.88. The summed E-state index contributed by atoms with van der Waals surface area (Å²) in [7, 11) is 0. The average Bonchev–Trinajstić information content (AvgIpc) is 2.94. The van der Waals surface area contributed by atoms with Gasteiger partial charge in [-0.1, -0.05) is 63.8 Å². The summed E-state index contributed by atoms with van der Waals surface area (Å²) < 4.78 is 6.00. The van der Waals surface area contributed by atoms with E-state index in [0.29, 0.717) is 35.3 Å². The van der Waals surface area contributed by atoms with Gasteiger partial charge in [-0.05, 0) is 30.2 Å². The maximum Gasteiger partial charge on any atom is 0.231 e. The second kappa shape index (κ2) is 8.83. The van der Waals surface area contributed by atoms with E-state index in [9.17, 15) is 9.90 Å². The number of ether oxygens (including phenoxy) is 1. The zero-order valence-corrected chi connectivity index (χ0v) is 18.0. The molecule has 0 spiro atoms. The van der Waals surface area contributed by atoms with Crippen molar-refractivity contribution in [2.45, 2.75) is 41.2 Å². The number of ketones is 1. The number of aryl methyl sites for hydroxylation is 1. The number of hydrogen-bond donors (Lipinski definition) is 1. The van der Waals surface area contributed by atoms with Crippen molar-refractivity contribution in [2.75, 3.05) is 13.1 Å². The highest BCUT2D eigenvalue weighted by atomic mass is 16.5. The van der Waals surface area contributed by atoms with Crippen molar-refractivity contribution < 1.29 is 19.5 Å². The zero-order valence-electron chi connectivity index (χ0n) is 18.0. The predicted molar refractivity (Wildman–Crippen MR) is 114 cm³/mol. The molecule has 0 saturated carbocycles. The lowest BCUT2D eigenvalue weighted by Crippen LogP contribution is -3.11. The summed E-state index contributed by atoms with van der Waals surface area (Å²) in [4.78, 5) is 14.3. The van der Waals surface area contributed by atoms with Crippen LogP contribution < -0.4 is 14.7 Å². The van der Waals surface area contributed by atoms with Gasteiger partial charge >= 0.3 is 0 Å². The molecular weight excluding hydrogens is 362 g/mol. The third-order valence-electron chi connectivity index (χ3n) is 5.19. The van der Waals surface area contributed by atoms with Gasteiger partial charge in [-0.2, -0.15) is 0 Å². The van der Waals surface area contributed by atoms with E-state index in [1.165, 1.54) is 11.0 Å². The number of benzene rings is 2. The Kier molecular flexibility index (Phi) is 6.43. The fraction of sp³-hybridized carbons (Fsp3) is 0.400. The van der Waals surface area contributed by atoms with E-state index < -0.39 is 0 Å². The monoisotopic (exact) mass is 393 g/mol. The minimum Gasteiger partial charge on any atom is -0.872 e. The van der Waals surface area contributed by atoms with Gasteiger partial charge < -0.3 is 14.7 Å². The van der Waals surface area contributed by atoms with E-state index in [1.807, 2.05) is 31.2 Å². The number of rotatable bonds is 7. The van der Waals surface area contributed by atoms with Crippen LogP contribution in [0.5, 0.6) is 11.5 Å². The molecule has 154 valence electrons. The highest BCUT2D eigenvalue weighted by Gasteiger charge is 2.31. The van der Waals surface area contributed by atoms with Crippen molar-refractivity contribution in [1.82, 2.24) is 0 Å². The normalized spacial score (nSPS) is 14.9. The number of quaternary nitrogens is 1. The molecule has 0 fully saturated rings. The average molecular weight is 394 g/mol. The van der Waals surface area contributed by atoms with Gasteiger partial charge in [0, 0.05) is 17.4 Å². The molecule has 4 nitrogen and oxygen atoms in total. The molecule has 0 unspecified atom stereocenters. The maximum atomic E-state index is 12.9. The molecule has 1 aliphatic rings. The Morgan fingerprint density at radius 3 is 2.31 bits per heavy atom. The van der Waals surface area contributed by atoms with Gasteiger partial charge in [-0.15, -0.1) is 0 Å².